The normalized spacial score (nSPS) is 14.1. The van der Waals surface area contributed by atoms with Crippen LogP contribution in [0.15, 0.2) is 6.20 Å². The maximum Gasteiger partial charge on any atom is 0.356 e. The molecule has 1 saturated carbocycles. The van der Waals surface area contributed by atoms with Crippen LogP contribution in [0.1, 0.15) is 48.9 Å². The third-order valence-electron chi connectivity index (χ3n) is 3.24. The molecule has 7 heteroatoms. The van der Waals surface area contributed by atoms with E-state index in [0.717, 1.165) is 12.8 Å². The lowest BCUT2D eigenvalue weighted by atomic mass is 10.2. The van der Waals surface area contributed by atoms with Gasteiger partial charge in [-0.3, -0.25) is 4.79 Å². The summed E-state index contributed by atoms with van der Waals surface area (Å²) < 4.78 is 0. The molecule has 1 aliphatic rings. The highest BCUT2D eigenvalue weighted by Crippen LogP contribution is 2.21. The maximum atomic E-state index is 11.8. The molecule has 1 heterocycles. The van der Waals surface area contributed by atoms with Crippen LogP contribution in [0.3, 0.4) is 0 Å². The Morgan fingerprint density at radius 3 is 2.67 bits per heavy atom. The van der Waals surface area contributed by atoms with E-state index < -0.39 is 5.97 Å². The fourth-order valence-electron chi connectivity index (χ4n) is 1.91. The highest BCUT2D eigenvalue weighted by molar-refractivity contribution is 5.93. The predicted molar refractivity (Wildman–Crippen MR) is 77.5 cm³/mol. The molecule has 1 aromatic heterocycles. The summed E-state index contributed by atoms with van der Waals surface area (Å²) in [5, 5.41) is 12.2. The molecular formula is C14H20N4O3. The predicted octanol–water partition coefficient (Wildman–Crippen LogP) is 1.01. The van der Waals surface area contributed by atoms with Crippen LogP contribution in [0.4, 0.5) is 5.69 Å². The van der Waals surface area contributed by atoms with Gasteiger partial charge in [0, 0.05) is 19.0 Å². The number of likely N-dealkylation sites (N-methyl/N-ethyl adjacent to an activating group) is 1. The molecule has 1 fully saturated rings. The Balaban J connectivity index is 2.16. The van der Waals surface area contributed by atoms with E-state index in [-0.39, 0.29) is 30.1 Å². The Kier molecular flexibility index (Phi) is 4.40. The number of carboxylic acid groups (broad SMARTS) is 1. The molecule has 0 aromatic carbocycles. The minimum Gasteiger partial charge on any atom is -0.476 e. The summed E-state index contributed by atoms with van der Waals surface area (Å²) in [5.41, 5.74) is 0.272. The van der Waals surface area contributed by atoms with Gasteiger partial charge >= 0.3 is 5.97 Å². The molecule has 0 unspecified atom stereocenters. The van der Waals surface area contributed by atoms with Crippen molar-refractivity contribution in [2.24, 2.45) is 0 Å². The summed E-state index contributed by atoms with van der Waals surface area (Å²) in [5.74, 6) is -0.722. The zero-order valence-electron chi connectivity index (χ0n) is 12.5. The van der Waals surface area contributed by atoms with Gasteiger partial charge in [-0.2, -0.15) is 0 Å². The van der Waals surface area contributed by atoms with Crippen molar-refractivity contribution in [2.75, 3.05) is 18.5 Å². The largest absolute Gasteiger partial charge is 0.476 e. The number of carbonyl (C=O) groups excluding carboxylic acids is 1. The van der Waals surface area contributed by atoms with Crippen molar-refractivity contribution in [3.8, 4) is 0 Å². The number of aromatic nitrogens is 2. The van der Waals surface area contributed by atoms with Gasteiger partial charge in [-0.25, -0.2) is 14.8 Å². The standard InChI is InChI=1S/C14H20N4O3/c1-8(2)13-15-6-10(12(17-13)14(20)21)18(3)7-11(19)16-9-4-5-9/h6,8-9H,4-5,7H2,1-3H3,(H,16,19)(H,20,21). The molecule has 0 saturated heterocycles. The topological polar surface area (TPSA) is 95.4 Å². The van der Waals surface area contributed by atoms with E-state index in [9.17, 15) is 14.7 Å². The Morgan fingerprint density at radius 2 is 2.14 bits per heavy atom. The summed E-state index contributed by atoms with van der Waals surface area (Å²) in [6.45, 7) is 3.88. The summed E-state index contributed by atoms with van der Waals surface area (Å²) >= 11 is 0. The minimum atomic E-state index is -1.12. The van der Waals surface area contributed by atoms with Crippen molar-refractivity contribution in [1.82, 2.24) is 15.3 Å². The van der Waals surface area contributed by atoms with Crippen molar-refractivity contribution in [1.29, 1.82) is 0 Å². The van der Waals surface area contributed by atoms with Crippen molar-refractivity contribution < 1.29 is 14.7 Å². The van der Waals surface area contributed by atoms with Crippen LogP contribution in [0.2, 0.25) is 0 Å². The molecule has 21 heavy (non-hydrogen) atoms. The zero-order chi connectivity index (χ0) is 15.6. The van der Waals surface area contributed by atoms with Crippen molar-refractivity contribution in [3.05, 3.63) is 17.7 Å². The van der Waals surface area contributed by atoms with E-state index in [1.54, 1.807) is 11.9 Å². The molecule has 0 bridgehead atoms. The second-order valence-corrected chi connectivity index (χ2v) is 5.62. The van der Waals surface area contributed by atoms with Gasteiger partial charge in [-0.15, -0.1) is 0 Å². The Labute approximate surface area is 123 Å². The highest BCUT2D eigenvalue weighted by Gasteiger charge is 2.25. The minimum absolute atomic E-state index is 0.0422. The van der Waals surface area contributed by atoms with Gasteiger partial charge in [0.1, 0.15) is 5.82 Å². The lowest BCUT2D eigenvalue weighted by molar-refractivity contribution is -0.119. The first-order valence-electron chi connectivity index (χ1n) is 6.99. The molecule has 0 aliphatic heterocycles. The summed E-state index contributed by atoms with van der Waals surface area (Å²) in [4.78, 5) is 33.0. The Morgan fingerprint density at radius 1 is 1.48 bits per heavy atom. The third kappa shape index (κ3) is 3.90. The van der Waals surface area contributed by atoms with Crippen LogP contribution >= 0.6 is 0 Å². The van der Waals surface area contributed by atoms with E-state index in [1.807, 2.05) is 13.8 Å². The first kappa shape index (κ1) is 15.2. The van der Waals surface area contributed by atoms with Gasteiger partial charge < -0.3 is 15.3 Å². The summed E-state index contributed by atoms with van der Waals surface area (Å²) in [6, 6.07) is 0.282. The molecular weight excluding hydrogens is 272 g/mol. The van der Waals surface area contributed by atoms with Gasteiger partial charge in [0.15, 0.2) is 5.69 Å². The molecule has 0 atom stereocenters. The number of hydrogen-bond acceptors (Lipinski definition) is 5. The number of nitrogens with one attached hydrogen (secondary N) is 1. The quantitative estimate of drug-likeness (QED) is 0.812. The molecule has 1 aromatic rings. The van der Waals surface area contributed by atoms with E-state index in [1.165, 1.54) is 6.20 Å². The van der Waals surface area contributed by atoms with Crippen molar-refractivity contribution in [3.63, 3.8) is 0 Å². The van der Waals surface area contributed by atoms with Crippen LogP contribution in [0, 0.1) is 0 Å². The molecule has 1 aliphatic carbocycles. The Bertz CT molecular complexity index is 555. The fraction of sp³-hybridized carbons (Fsp3) is 0.571. The second kappa shape index (κ2) is 6.07. The lowest BCUT2D eigenvalue weighted by Gasteiger charge is -2.20. The van der Waals surface area contributed by atoms with E-state index in [2.05, 4.69) is 15.3 Å². The maximum absolute atomic E-state index is 11.8. The monoisotopic (exact) mass is 292 g/mol. The Hall–Kier alpha value is -2.18. The van der Waals surface area contributed by atoms with Crippen LogP contribution in [0.25, 0.3) is 0 Å². The smallest absolute Gasteiger partial charge is 0.356 e. The van der Waals surface area contributed by atoms with Gasteiger partial charge in [-0.1, -0.05) is 13.8 Å². The van der Waals surface area contributed by atoms with Crippen LogP contribution in [0.5, 0.6) is 0 Å². The van der Waals surface area contributed by atoms with Crippen LogP contribution in [-0.2, 0) is 4.79 Å². The number of anilines is 1. The SMILES string of the molecule is CC(C)c1ncc(N(C)CC(=O)NC2CC2)c(C(=O)O)n1. The van der Waals surface area contributed by atoms with Gasteiger partial charge in [0.05, 0.1) is 18.4 Å². The van der Waals surface area contributed by atoms with Crippen molar-refractivity contribution in [2.45, 2.75) is 38.6 Å². The van der Waals surface area contributed by atoms with Crippen LogP contribution in [-0.4, -0.2) is 46.6 Å². The van der Waals surface area contributed by atoms with E-state index in [4.69, 9.17) is 0 Å². The molecule has 1 amide bonds. The molecule has 114 valence electrons. The number of carboxylic acids is 1. The molecule has 2 rings (SSSR count). The second-order valence-electron chi connectivity index (χ2n) is 5.62. The number of aromatic carboxylic acids is 1. The number of rotatable bonds is 6. The molecule has 2 N–H and O–H groups in total. The average molecular weight is 292 g/mol. The van der Waals surface area contributed by atoms with Gasteiger partial charge in [0.25, 0.3) is 0 Å². The first-order valence-corrected chi connectivity index (χ1v) is 6.99. The molecule has 7 nitrogen and oxygen atoms in total. The highest BCUT2D eigenvalue weighted by atomic mass is 16.4. The summed E-state index contributed by atoms with van der Waals surface area (Å²) in [7, 11) is 1.66. The fourth-order valence-corrected chi connectivity index (χ4v) is 1.91. The van der Waals surface area contributed by atoms with Crippen molar-refractivity contribution >= 4 is 17.6 Å². The van der Waals surface area contributed by atoms with Gasteiger partial charge in [0.2, 0.25) is 5.91 Å². The average Bonchev–Trinajstić information content (AvgIpc) is 3.21. The third-order valence-corrected chi connectivity index (χ3v) is 3.24. The first-order chi connectivity index (χ1) is 9.88. The number of carbonyl (C=O) groups is 2. The number of nitrogens with zero attached hydrogens (tertiary/aromatic N) is 3. The van der Waals surface area contributed by atoms with E-state index >= 15 is 0 Å². The molecule has 0 radical (unpaired) electrons. The van der Waals surface area contributed by atoms with Gasteiger partial charge in [-0.05, 0) is 12.8 Å². The number of hydrogen-bond donors (Lipinski definition) is 2. The lowest BCUT2D eigenvalue weighted by Crippen LogP contribution is -2.37. The number of amides is 1. The molecule has 0 spiro atoms. The van der Waals surface area contributed by atoms with Crippen LogP contribution < -0.4 is 10.2 Å². The van der Waals surface area contributed by atoms with E-state index in [0.29, 0.717) is 11.5 Å². The zero-order valence-corrected chi connectivity index (χ0v) is 12.5. The summed E-state index contributed by atoms with van der Waals surface area (Å²) in [6.07, 6.45) is 3.50.